The Morgan fingerprint density at radius 3 is 2.56 bits per heavy atom. The molecule has 0 aromatic heterocycles. The van der Waals surface area contributed by atoms with E-state index in [0.29, 0.717) is 18.4 Å². The highest BCUT2D eigenvalue weighted by molar-refractivity contribution is 5.92. The number of oxime groups is 1. The first-order valence-corrected chi connectivity index (χ1v) is 10.3. The molecule has 0 saturated heterocycles. The van der Waals surface area contributed by atoms with E-state index >= 15 is 0 Å². The van der Waals surface area contributed by atoms with Gasteiger partial charge in [0, 0.05) is 18.4 Å². The molecule has 1 aromatic rings. The lowest BCUT2D eigenvalue weighted by molar-refractivity contribution is 0.121. The minimum Gasteiger partial charge on any atom is -0.391 e. The van der Waals surface area contributed by atoms with Gasteiger partial charge in [0.05, 0.1) is 5.71 Å². The Bertz CT molecular complexity index is 595. The summed E-state index contributed by atoms with van der Waals surface area (Å²) in [7, 11) is 0. The Labute approximate surface area is 152 Å². The Morgan fingerprint density at radius 2 is 1.80 bits per heavy atom. The van der Waals surface area contributed by atoms with Gasteiger partial charge in [-0.05, 0) is 55.7 Å². The number of rotatable bonds is 7. The highest BCUT2D eigenvalue weighted by Gasteiger charge is 2.57. The Balaban J connectivity index is 1.49. The molecule has 3 fully saturated rings. The van der Waals surface area contributed by atoms with Gasteiger partial charge in [-0.1, -0.05) is 55.8 Å². The van der Waals surface area contributed by atoms with Crippen LogP contribution < -0.4 is 0 Å². The zero-order valence-corrected chi connectivity index (χ0v) is 15.7. The molecule has 5 atom stereocenters. The zero-order valence-electron chi connectivity index (χ0n) is 15.7. The molecule has 3 heteroatoms. The van der Waals surface area contributed by atoms with Crippen LogP contribution in [0.25, 0.3) is 0 Å². The summed E-state index contributed by atoms with van der Waals surface area (Å²) in [6, 6.07) is 10.4. The van der Waals surface area contributed by atoms with Crippen LogP contribution in [-0.2, 0) is 11.4 Å². The Kier molecular flexibility index (Phi) is 5.12. The fourth-order valence-electron chi connectivity index (χ4n) is 5.87. The highest BCUT2D eigenvalue weighted by Crippen LogP contribution is 2.59. The summed E-state index contributed by atoms with van der Waals surface area (Å²) in [4.78, 5) is 8.42. The van der Waals surface area contributed by atoms with Gasteiger partial charge in [0.25, 0.3) is 0 Å². The van der Waals surface area contributed by atoms with Gasteiger partial charge in [-0.3, -0.25) is 0 Å². The lowest BCUT2D eigenvalue weighted by Gasteiger charge is -2.35. The van der Waals surface area contributed by atoms with E-state index in [0.717, 1.165) is 30.8 Å². The molecule has 3 nitrogen and oxygen atoms in total. The normalized spacial score (nSPS) is 34.8. The van der Waals surface area contributed by atoms with E-state index in [1.807, 2.05) is 6.07 Å². The molecule has 3 aliphatic carbocycles. The fourth-order valence-corrected chi connectivity index (χ4v) is 5.87. The number of nitrogens with zero attached hydrogens (tertiary/aromatic N) is 2. The SMILES string of the molecule is CCN(CC)C[C@H]1/C(=N\OCc2ccccc2)[C@H]2C[C@@H]1[C@@H]1CCC[C@@H]12. The van der Waals surface area contributed by atoms with Crippen LogP contribution in [0, 0.1) is 29.6 Å². The molecule has 1 aromatic carbocycles. The zero-order chi connectivity index (χ0) is 17.2. The smallest absolute Gasteiger partial charge is 0.142 e. The molecule has 0 heterocycles. The van der Waals surface area contributed by atoms with Crippen molar-refractivity contribution < 1.29 is 4.84 Å². The second-order valence-electron chi connectivity index (χ2n) is 8.13. The molecule has 2 bridgehead atoms. The number of hydrogen-bond acceptors (Lipinski definition) is 3. The molecule has 0 unspecified atom stereocenters. The van der Waals surface area contributed by atoms with Crippen LogP contribution in [0.15, 0.2) is 35.5 Å². The average Bonchev–Trinajstić information content (AvgIpc) is 3.33. The van der Waals surface area contributed by atoms with Crippen LogP contribution >= 0.6 is 0 Å². The highest BCUT2D eigenvalue weighted by atomic mass is 16.6. The standard InChI is InChI=1S/C22H32N2O/c1-3-24(4-2)14-21-19-13-20(18-12-8-11-17(18)19)22(21)23-25-15-16-9-6-5-7-10-16/h5-7,9-10,17-21H,3-4,8,11-15H2,1-2H3/b23-22-/t17-,18+,19-,20+,21-/m1/s1. The molecular weight excluding hydrogens is 308 g/mol. The van der Waals surface area contributed by atoms with Gasteiger partial charge in [0.2, 0.25) is 0 Å². The van der Waals surface area contributed by atoms with E-state index in [1.165, 1.54) is 43.5 Å². The van der Waals surface area contributed by atoms with Crippen molar-refractivity contribution in [1.29, 1.82) is 0 Å². The van der Waals surface area contributed by atoms with Crippen molar-refractivity contribution in [2.45, 2.75) is 46.1 Å². The van der Waals surface area contributed by atoms with Crippen LogP contribution in [0.2, 0.25) is 0 Å². The third kappa shape index (κ3) is 3.23. The maximum absolute atomic E-state index is 5.85. The van der Waals surface area contributed by atoms with Crippen molar-refractivity contribution in [3.8, 4) is 0 Å². The van der Waals surface area contributed by atoms with Gasteiger partial charge in [0.15, 0.2) is 0 Å². The van der Waals surface area contributed by atoms with Crippen molar-refractivity contribution >= 4 is 5.71 Å². The third-order valence-electron chi connectivity index (χ3n) is 7.09. The van der Waals surface area contributed by atoms with E-state index in [2.05, 4.69) is 43.0 Å². The lowest BCUT2D eigenvalue weighted by Crippen LogP contribution is -2.40. The summed E-state index contributed by atoms with van der Waals surface area (Å²) in [5.41, 5.74) is 2.60. The largest absolute Gasteiger partial charge is 0.391 e. The summed E-state index contributed by atoms with van der Waals surface area (Å²) in [5.74, 6) is 4.06. The quantitative estimate of drug-likeness (QED) is 0.679. The first-order valence-electron chi connectivity index (χ1n) is 10.3. The maximum atomic E-state index is 5.85. The van der Waals surface area contributed by atoms with Crippen LogP contribution in [0.5, 0.6) is 0 Å². The lowest BCUT2D eigenvalue weighted by atomic mass is 9.74. The molecule has 0 spiro atoms. The van der Waals surface area contributed by atoms with Crippen molar-refractivity contribution in [3.63, 3.8) is 0 Å². The predicted molar refractivity (Wildman–Crippen MR) is 102 cm³/mol. The minimum atomic E-state index is 0.591. The molecule has 25 heavy (non-hydrogen) atoms. The molecule has 3 aliphatic rings. The number of fused-ring (bicyclic) bond motifs is 5. The summed E-state index contributed by atoms with van der Waals surface area (Å²) < 4.78 is 0. The molecule has 0 amide bonds. The first kappa shape index (κ1) is 17.1. The number of benzene rings is 1. The fraction of sp³-hybridized carbons (Fsp3) is 0.682. The topological polar surface area (TPSA) is 24.8 Å². The van der Waals surface area contributed by atoms with Crippen molar-refractivity contribution in [2.24, 2.45) is 34.7 Å². The van der Waals surface area contributed by atoms with E-state index in [9.17, 15) is 0 Å². The monoisotopic (exact) mass is 340 g/mol. The average molecular weight is 341 g/mol. The molecule has 0 radical (unpaired) electrons. The van der Waals surface area contributed by atoms with E-state index in [-0.39, 0.29) is 0 Å². The summed E-state index contributed by atoms with van der Waals surface area (Å²) in [6.45, 7) is 8.58. The van der Waals surface area contributed by atoms with Gasteiger partial charge in [-0.15, -0.1) is 0 Å². The van der Waals surface area contributed by atoms with Crippen molar-refractivity contribution in [1.82, 2.24) is 4.90 Å². The number of hydrogen-bond donors (Lipinski definition) is 0. The summed E-state index contributed by atoms with van der Waals surface area (Å²) >= 11 is 0. The molecule has 0 N–H and O–H groups in total. The van der Waals surface area contributed by atoms with E-state index < -0.39 is 0 Å². The summed E-state index contributed by atoms with van der Waals surface area (Å²) in [6.07, 6.45) is 5.67. The van der Waals surface area contributed by atoms with Gasteiger partial charge in [-0.25, -0.2) is 0 Å². The second kappa shape index (κ2) is 7.49. The van der Waals surface area contributed by atoms with Crippen molar-refractivity contribution in [3.05, 3.63) is 35.9 Å². The van der Waals surface area contributed by atoms with Crippen LogP contribution in [0.4, 0.5) is 0 Å². The second-order valence-corrected chi connectivity index (χ2v) is 8.13. The van der Waals surface area contributed by atoms with Gasteiger partial charge in [-0.2, -0.15) is 0 Å². The van der Waals surface area contributed by atoms with Crippen LogP contribution in [0.1, 0.15) is 45.1 Å². The Morgan fingerprint density at radius 1 is 1.04 bits per heavy atom. The first-order chi connectivity index (χ1) is 12.3. The van der Waals surface area contributed by atoms with Crippen LogP contribution in [0.3, 0.4) is 0 Å². The van der Waals surface area contributed by atoms with E-state index in [1.54, 1.807) is 0 Å². The molecule has 3 saturated carbocycles. The van der Waals surface area contributed by atoms with E-state index in [4.69, 9.17) is 9.99 Å². The molecule has 4 rings (SSSR count). The van der Waals surface area contributed by atoms with Crippen LogP contribution in [-0.4, -0.2) is 30.2 Å². The predicted octanol–water partition coefficient (Wildman–Crippen LogP) is 4.58. The van der Waals surface area contributed by atoms with Gasteiger partial charge in [0.1, 0.15) is 6.61 Å². The van der Waals surface area contributed by atoms with Crippen molar-refractivity contribution in [2.75, 3.05) is 19.6 Å². The Hall–Kier alpha value is -1.35. The molecule has 136 valence electrons. The van der Waals surface area contributed by atoms with Gasteiger partial charge >= 0.3 is 0 Å². The summed E-state index contributed by atoms with van der Waals surface area (Å²) in [5, 5.41) is 4.75. The van der Waals surface area contributed by atoms with Gasteiger partial charge < -0.3 is 9.74 Å². The maximum Gasteiger partial charge on any atom is 0.142 e. The molecular formula is C22H32N2O. The molecule has 0 aliphatic heterocycles. The third-order valence-corrected chi connectivity index (χ3v) is 7.09. The minimum absolute atomic E-state index is 0.591.